The van der Waals surface area contributed by atoms with Crippen molar-refractivity contribution in [3.8, 4) is 0 Å². The predicted octanol–water partition coefficient (Wildman–Crippen LogP) is 1.90. The van der Waals surface area contributed by atoms with E-state index in [-0.39, 0.29) is 6.04 Å². The minimum Gasteiger partial charge on any atom is -0.468 e. The summed E-state index contributed by atoms with van der Waals surface area (Å²) in [5, 5.41) is 3.43. The highest BCUT2D eigenvalue weighted by Crippen LogP contribution is 2.11. The molecule has 0 aliphatic carbocycles. The molecule has 0 saturated heterocycles. The maximum Gasteiger partial charge on any atom is 0.120 e. The summed E-state index contributed by atoms with van der Waals surface area (Å²) in [5.41, 5.74) is 0. The number of rotatable bonds is 9. The molecule has 4 heteroatoms. The summed E-state index contributed by atoms with van der Waals surface area (Å²) < 4.78 is 10.6. The van der Waals surface area contributed by atoms with Gasteiger partial charge in [0.1, 0.15) is 5.76 Å². The first-order valence-electron chi connectivity index (χ1n) is 6.27. The monoisotopic (exact) mass is 240 g/mol. The second kappa shape index (κ2) is 8.28. The number of ether oxygens (including phenoxy) is 1. The lowest BCUT2D eigenvalue weighted by molar-refractivity contribution is 0.122. The Hall–Kier alpha value is -0.840. The standard InChI is InChI=1S/C13H24N2O2/c1-4-16-11-9-15(3)8-7-14-12(2)13-6-5-10-17-13/h5-6,10,12,14H,4,7-9,11H2,1-3H3. The normalized spacial score (nSPS) is 13.2. The third-order valence-corrected chi connectivity index (χ3v) is 2.74. The molecule has 4 nitrogen and oxygen atoms in total. The number of hydrogen-bond donors (Lipinski definition) is 1. The van der Waals surface area contributed by atoms with E-state index in [1.165, 1.54) is 0 Å². The van der Waals surface area contributed by atoms with Gasteiger partial charge in [-0.05, 0) is 33.0 Å². The molecule has 0 bridgehead atoms. The van der Waals surface area contributed by atoms with Gasteiger partial charge in [0.2, 0.25) is 0 Å². The number of nitrogens with zero attached hydrogens (tertiary/aromatic N) is 1. The average molecular weight is 240 g/mol. The van der Waals surface area contributed by atoms with Crippen molar-refractivity contribution in [2.75, 3.05) is 39.9 Å². The van der Waals surface area contributed by atoms with E-state index in [1.807, 2.05) is 19.1 Å². The Morgan fingerprint density at radius 1 is 1.47 bits per heavy atom. The second-order valence-electron chi connectivity index (χ2n) is 4.19. The van der Waals surface area contributed by atoms with Crippen molar-refractivity contribution < 1.29 is 9.15 Å². The number of nitrogens with one attached hydrogen (secondary N) is 1. The van der Waals surface area contributed by atoms with Crippen LogP contribution in [-0.4, -0.2) is 44.8 Å². The zero-order valence-corrected chi connectivity index (χ0v) is 11.1. The smallest absolute Gasteiger partial charge is 0.120 e. The van der Waals surface area contributed by atoms with E-state index in [2.05, 4.69) is 24.2 Å². The van der Waals surface area contributed by atoms with Crippen molar-refractivity contribution in [3.05, 3.63) is 24.2 Å². The lowest BCUT2D eigenvalue weighted by atomic mass is 10.2. The molecular formula is C13H24N2O2. The van der Waals surface area contributed by atoms with Gasteiger partial charge in [-0.25, -0.2) is 0 Å². The summed E-state index contributed by atoms with van der Waals surface area (Å²) in [6.45, 7) is 8.67. The van der Waals surface area contributed by atoms with Crippen molar-refractivity contribution in [1.82, 2.24) is 10.2 Å². The Balaban J connectivity index is 2.06. The molecule has 1 aromatic heterocycles. The fraction of sp³-hybridized carbons (Fsp3) is 0.692. The highest BCUT2D eigenvalue weighted by atomic mass is 16.5. The molecular weight excluding hydrogens is 216 g/mol. The summed E-state index contributed by atoms with van der Waals surface area (Å²) >= 11 is 0. The summed E-state index contributed by atoms with van der Waals surface area (Å²) in [6.07, 6.45) is 1.71. The average Bonchev–Trinajstić information content (AvgIpc) is 2.82. The molecule has 1 heterocycles. The molecule has 1 aromatic rings. The Bertz CT molecular complexity index is 275. The van der Waals surface area contributed by atoms with Crippen LogP contribution in [0.25, 0.3) is 0 Å². The highest BCUT2D eigenvalue weighted by molar-refractivity contribution is 5.02. The molecule has 1 N–H and O–H groups in total. The zero-order valence-electron chi connectivity index (χ0n) is 11.1. The van der Waals surface area contributed by atoms with Crippen LogP contribution in [0.1, 0.15) is 25.6 Å². The maximum atomic E-state index is 5.34. The molecule has 98 valence electrons. The molecule has 0 aromatic carbocycles. The van der Waals surface area contributed by atoms with Crippen LogP contribution in [0.5, 0.6) is 0 Å². The summed E-state index contributed by atoms with van der Waals surface area (Å²) in [6, 6.07) is 4.18. The van der Waals surface area contributed by atoms with Gasteiger partial charge >= 0.3 is 0 Å². The van der Waals surface area contributed by atoms with Crippen molar-refractivity contribution in [2.45, 2.75) is 19.9 Å². The van der Waals surface area contributed by atoms with Gasteiger partial charge in [-0.15, -0.1) is 0 Å². The summed E-state index contributed by atoms with van der Waals surface area (Å²) in [4.78, 5) is 2.26. The van der Waals surface area contributed by atoms with Crippen LogP contribution in [0.4, 0.5) is 0 Å². The Morgan fingerprint density at radius 2 is 2.29 bits per heavy atom. The van der Waals surface area contributed by atoms with Gasteiger partial charge in [0.15, 0.2) is 0 Å². The molecule has 0 radical (unpaired) electrons. The van der Waals surface area contributed by atoms with E-state index in [0.29, 0.717) is 0 Å². The third kappa shape index (κ3) is 5.86. The van der Waals surface area contributed by atoms with Gasteiger partial charge in [-0.1, -0.05) is 0 Å². The van der Waals surface area contributed by atoms with Crippen molar-refractivity contribution in [2.24, 2.45) is 0 Å². The van der Waals surface area contributed by atoms with Gasteiger partial charge in [-0.2, -0.15) is 0 Å². The topological polar surface area (TPSA) is 37.6 Å². The fourth-order valence-corrected chi connectivity index (χ4v) is 1.59. The van der Waals surface area contributed by atoms with Gasteiger partial charge in [-0.3, -0.25) is 0 Å². The Morgan fingerprint density at radius 3 is 2.94 bits per heavy atom. The van der Waals surface area contributed by atoms with Gasteiger partial charge < -0.3 is 19.4 Å². The second-order valence-corrected chi connectivity index (χ2v) is 4.19. The van der Waals surface area contributed by atoms with Crippen LogP contribution < -0.4 is 5.32 Å². The number of hydrogen-bond acceptors (Lipinski definition) is 4. The van der Waals surface area contributed by atoms with Gasteiger partial charge in [0, 0.05) is 26.2 Å². The Labute approximate surface area is 104 Å². The van der Waals surface area contributed by atoms with Crippen LogP contribution in [0.2, 0.25) is 0 Å². The van der Waals surface area contributed by atoms with Crippen LogP contribution in [-0.2, 0) is 4.74 Å². The number of likely N-dealkylation sites (N-methyl/N-ethyl adjacent to an activating group) is 1. The predicted molar refractivity (Wildman–Crippen MR) is 69.1 cm³/mol. The Kier molecular flexibility index (Phi) is 6.93. The highest BCUT2D eigenvalue weighted by Gasteiger charge is 2.07. The molecule has 0 amide bonds. The number of furan rings is 1. The van der Waals surface area contributed by atoms with E-state index in [9.17, 15) is 0 Å². The van der Waals surface area contributed by atoms with E-state index >= 15 is 0 Å². The quantitative estimate of drug-likeness (QED) is 0.669. The molecule has 0 aliphatic heterocycles. The molecule has 17 heavy (non-hydrogen) atoms. The molecule has 0 aliphatic rings. The fourth-order valence-electron chi connectivity index (χ4n) is 1.59. The van der Waals surface area contributed by atoms with E-state index in [1.54, 1.807) is 6.26 Å². The van der Waals surface area contributed by atoms with E-state index in [4.69, 9.17) is 9.15 Å². The molecule has 0 spiro atoms. The van der Waals surface area contributed by atoms with Crippen LogP contribution >= 0.6 is 0 Å². The van der Waals surface area contributed by atoms with E-state index in [0.717, 1.165) is 38.6 Å². The van der Waals surface area contributed by atoms with Crippen molar-refractivity contribution >= 4 is 0 Å². The third-order valence-electron chi connectivity index (χ3n) is 2.74. The van der Waals surface area contributed by atoms with Crippen LogP contribution in [0, 0.1) is 0 Å². The largest absolute Gasteiger partial charge is 0.468 e. The minimum atomic E-state index is 0.269. The summed E-state index contributed by atoms with van der Waals surface area (Å²) in [5.74, 6) is 0.988. The maximum absolute atomic E-state index is 5.34. The van der Waals surface area contributed by atoms with Crippen LogP contribution in [0.3, 0.4) is 0 Å². The van der Waals surface area contributed by atoms with Crippen molar-refractivity contribution in [3.63, 3.8) is 0 Å². The molecule has 0 fully saturated rings. The van der Waals surface area contributed by atoms with Crippen molar-refractivity contribution in [1.29, 1.82) is 0 Å². The lowest BCUT2D eigenvalue weighted by Gasteiger charge is -2.18. The molecule has 1 unspecified atom stereocenters. The first-order chi connectivity index (χ1) is 8.24. The van der Waals surface area contributed by atoms with Gasteiger partial charge in [0.05, 0.1) is 18.9 Å². The zero-order chi connectivity index (χ0) is 12.5. The minimum absolute atomic E-state index is 0.269. The first kappa shape index (κ1) is 14.2. The molecule has 1 rings (SSSR count). The van der Waals surface area contributed by atoms with E-state index < -0.39 is 0 Å². The molecule has 1 atom stereocenters. The molecule has 0 saturated carbocycles. The summed E-state index contributed by atoms with van der Waals surface area (Å²) in [7, 11) is 2.11. The SMILES string of the molecule is CCOCCN(C)CCNC(C)c1ccco1. The van der Waals surface area contributed by atoms with Crippen LogP contribution in [0.15, 0.2) is 22.8 Å². The lowest BCUT2D eigenvalue weighted by Crippen LogP contribution is -2.32. The van der Waals surface area contributed by atoms with Gasteiger partial charge in [0.25, 0.3) is 0 Å². The first-order valence-corrected chi connectivity index (χ1v) is 6.27.